The molecule has 0 bridgehead atoms. The number of rotatable bonds is 3. The molecule has 0 radical (unpaired) electrons. The van der Waals surface area contributed by atoms with Crippen LogP contribution in [0.25, 0.3) is 0 Å². The number of hydrogen-bond donors (Lipinski definition) is 1. The van der Waals surface area contributed by atoms with Crippen molar-refractivity contribution in [3.05, 3.63) is 46.0 Å². The fourth-order valence-corrected chi connectivity index (χ4v) is 2.09. The van der Waals surface area contributed by atoms with Crippen LogP contribution in [-0.4, -0.2) is 0 Å². The summed E-state index contributed by atoms with van der Waals surface area (Å²) in [5, 5.41) is 2.03. The van der Waals surface area contributed by atoms with Gasteiger partial charge in [-0.05, 0) is 23.6 Å². The molecule has 2 aromatic heterocycles. The predicted octanol–water partition coefficient (Wildman–Crippen LogP) is 3.37. The molecule has 2 heterocycles. The van der Waals surface area contributed by atoms with Gasteiger partial charge in [-0.2, -0.15) is 0 Å². The van der Waals surface area contributed by atoms with E-state index in [-0.39, 0.29) is 18.4 Å². The first-order valence-corrected chi connectivity index (χ1v) is 5.57. The molecular formula is C11H14ClNOS. The monoisotopic (exact) mass is 243 g/mol. The Labute approximate surface area is 99.5 Å². The van der Waals surface area contributed by atoms with Gasteiger partial charge in [0.1, 0.15) is 11.5 Å². The zero-order valence-electron chi connectivity index (χ0n) is 8.47. The van der Waals surface area contributed by atoms with Gasteiger partial charge in [-0.15, -0.1) is 23.7 Å². The lowest BCUT2D eigenvalue weighted by Gasteiger charge is -2.05. The second kappa shape index (κ2) is 5.35. The molecule has 82 valence electrons. The quantitative estimate of drug-likeness (QED) is 0.898. The summed E-state index contributed by atoms with van der Waals surface area (Å²) in [6.45, 7) is 2.07. The van der Waals surface area contributed by atoms with Crippen LogP contribution in [0.1, 0.15) is 29.4 Å². The molecule has 0 aliphatic carbocycles. The molecule has 1 atom stereocenters. The van der Waals surface area contributed by atoms with Crippen molar-refractivity contribution in [1.82, 2.24) is 0 Å². The van der Waals surface area contributed by atoms with Gasteiger partial charge < -0.3 is 10.2 Å². The van der Waals surface area contributed by atoms with Crippen LogP contribution in [0.2, 0.25) is 0 Å². The number of furan rings is 1. The summed E-state index contributed by atoms with van der Waals surface area (Å²) in [5.74, 6) is 1.84. The van der Waals surface area contributed by atoms with Crippen molar-refractivity contribution in [2.24, 2.45) is 5.73 Å². The molecule has 0 unspecified atom stereocenters. The molecule has 0 saturated carbocycles. The lowest BCUT2D eigenvalue weighted by molar-refractivity contribution is 0.455. The highest BCUT2D eigenvalue weighted by Crippen LogP contribution is 2.25. The first-order valence-electron chi connectivity index (χ1n) is 4.69. The molecule has 2 N–H and O–H groups in total. The maximum Gasteiger partial charge on any atom is 0.126 e. The van der Waals surface area contributed by atoms with Gasteiger partial charge in [0.15, 0.2) is 0 Å². The molecule has 2 nitrogen and oxygen atoms in total. The Morgan fingerprint density at radius 3 is 2.73 bits per heavy atom. The SMILES string of the molecule is CCc1ccc([C@H](N)c2cccs2)o1.Cl. The lowest BCUT2D eigenvalue weighted by atomic mass is 10.2. The maximum absolute atomic E-state index is 6.05. The van der Waals surface area contributed by atoms with E-state index in [1.807, 2.05) is 29.6 Å². The molecule has 4 heteroatoms. The minimum absolute atomic E-state index is 0. The molecular weight excluding hydrogens is 230 g/mol. The number of halogens is 1. The average Bonchev–Trinajstić information content (AvgIpc) is 2.88. The topological polar surface area (TPSA) is 39.2 Å². The molecule has 15 heavy (non-hydrogen) atoms. The molecule has 0 spiro atoms. The molecule has 2 aromatic rings. The summed E-state index contributed by atoms with van der Waals surface area (Å²) in [6.07, 6.45) is 0.914. The Bertz CT molecular complexity index is 396. The lowest BCUT2D eigenvalue weighted by Crippen LogP contribution is -2.08. The fourth-order valence-electron chi connectivity index (χ4n) is 1.36. The van der Waals surface area contributed by atoms with Crippen molar-refractivity contribution >= 4 is 23.7 Å². The van der Waals surface area contributed by atoms with Crippen molar-refractivity contribution in [2.75, 3.05) is 0 Å². The summed E-state index contributed by atoms with van der Waals surface area (Å²) in [7, 11) is 0. The molecule has 0 amide bonds. The minimum atomic E-state index is -0.115. The van der Waals surface area contributed by atoms with Crippen LogP contribution in [0, 0.1) is 0 Å². The maximum atomic E-state index is 6.05. The van der Waals surface area contributed by atoms with Crippen LogP contribution in [-0.2, 0) is 6.42 Å². The van der Waals surface area contributed by atoms with Gasteiger partial charge in [-0.1, -0.05) is 13.0 Å². The predicted molar refractivity (Wildman–Crippen MR) is 65.7 cm³/mol. The summed E-state index contributed by atoms with van der Waals surface area (Å²) < 4.78 is 5.60. The van der Waals surface area contributed by atoms with Crippen molar-refractivity contribution in [1.29, 1.82) is 0 Å². The van der Waals surface area contributed by atoms with Crippen molar-refractivity contribution < 1.29 is 4.42 Å². The van der Waals surface area contributed by atoms with Crippen LogP contribution in [0.3, 0.4) is 0 Å². The number of hydrogen-bond acceptors (Lipinski definition) is 3. The normalized spacial score (nSPS) is 12.1. The van der Waals surface area contributed by atoms with Crippen LogP contribution < -0.4 is 5.73 Å². The Morgan fingerprint density at radius 1 is 1.40 bits per heavy atom. The van der Waals surface area contributed by atoms with E-state index in [4.69, 9.17) is 10.2 Å². The molecule has 0 saturated heterocycles. The van der Waals surface area contributed by atoms with Crippen molar-refractivity contribution in [2.45, 2.75) is 19.4 Å². The van der Waals surface area contributed by atoms with Gasteiger partial charge in [-0.3, -0.25) is 0 Å². The highest BCUT2D eigenvalue weighted by Gasteiger charge is 2.13. The number of thiophene rings is 1. The number of nitrogens with two attached hydrogens (primary N) is 1. The molecule has 2 rings (SSSR count). The van der Waals surface area contributed by atoms with Crippen LogP contribution in [0.5, 0.6) is 0 Å². The highest BCUT2D eigenvalue weighted by atomic mass is 35.5. The first-order chi connectivity index (χ1) is 6.81. The van der Waals surface area contributed by atoms with Crippen molar-refractivity contribution in [3.8, 4) is 0 Å². The van der Waals surface area contributed by atoms with E-state index in [0.717, 1.165) is 22.8 Å². The second-order valence-electron chi connectivity index (χ2n) is 3.15. The Morgan fingerprint density at radius 2 is 2.20 bits per heavy atom. The van der Waals surface area contributed by atoms with E-state index in [9.17, 15) is 0 Å². The molecule has 0 aliphatic heterocycles. The van der Waals surface area contributed by atoms with Gasteiger partial charge >= 0.3 is 0 Å². The summed E-state index contributed by atoms with van der Waals surface area (Å²) in [4.78, 5) is 1.14. The van der Waals surface area contributed by atoms with E-state index in [1.54, 1.807) is 11.3 Å². The third kappa shape index (κ3) is 2.62. The van der Waals surface area contributed by atoms with Crippen molar-refractivity contribution in [3.63, 3.8) is 0 Å². The van der Waals surface area contributed by atoms with Gasteiger partial charge in [0.05, 0.1) is 6.04 Å². The highest BCUT2D eigenvalue weighted by molar-refractivity contribution is 7.10. The zero-order chi connectivity index (χ0) is 9.97. The second-order valence-corrected chi connectivity index (χ2v) is 4.13. The van der Waals surface area contributed by atoms with Gasteiger partial charge in [-0.25, -0.2) is 0 Å². The minimum Gasteiger partial charge on any atom is -0.464 e. The standard InChI is InChI=1S/C11H13NOS.ClH/c1-2-8-5-6-9(13-8)11(12)10-4-3-7-14-10;/h3-7,11H,2,12H2,1H3;1H/t11-;/m0./s1. The third-order valence-electron chi connectivity index (χ3n) is 2.19. The summed E-state index contributed by atoms with van der Waals surface area (Å²) in [6, 6.07) is 7.87. The summed E-state index contributed by atoms with van der Waals surface area (Å²) >= 11 is 1.66. The summed E-state index contributed by atoms with van der Waals surface area (Å²) in [5.41, 5.74) is 6.05. The Kier molecular flexibility index (Phi) is 4.39. The third-order valence-corrected chi connectivity index (χ3v) is 3.14. The van der Waals surface area contributed by atoms with Crippen LogP contribution >= 0.6 is 23.7 Å². The fraction of sp³-hybridized carbons (Fsp3) is 0.273. The van der Waals surface area contributed by atoms with E-state index < -0.39 is 0 Å². The first kappa shape index (κ1) is 12.3. The smallest absolute Gasteiger partial charge is 0.126 e. The Hall–Kier alpha value is -0.770. The zero-order valence-corrected chi connectivity index (χ0v) is 10.1. The van der Waals surface area contributed by atoms with E-state index in [0.29, 0.717) is 0 Å². The Balaban J connectivity index is 0.00000112. The van der Waals surface area contributed by atoms with Crippen LogP contribution in [0.4, 0.5) is 0 Å². The molecule has 0 aliphatic rings. The van der Waals surface area contributed by atoms with E-state index >= 15 is 0 Å². The van der Waals surface area contributed by atoms with Gasteiger partial charge in [0.2, 0.25) is 0 Å². The van der Waals surface area contributed by atoms with E-state index in [2.05, 4.69) is 6.92 Å². The van der Waals surface area contributed by atoms with Gasteiger partial charge in [0, 0.05) is 11.3 Å². The number of aryl methyl sites for hydroxylation is 1. The van der Waals surface area contributed by atoms with Gasteiger partial charge in [0.25, 0.3) is 0 Å². The average molecular weight is 244 g/mol. The molecule has 0 aromatic carbocycles. The molecule has 0 fully saturated rings. The van der Waals surface area contributed by atoms with Crippen LogP contribution in [0.15, 0.2) is 34.1 Å². The van der Waals surface area contributed by atoms with E-state index in [1.165, 1.54) is 0 Å². The largest absolute Gasteiger partial charge is 0.464 e.